The first-order valence-corrected chi connectivity index (χ1v) is 12.5. The van der Waals surface area contributed by atoms with Crippen LogP contribution in [0.5, 0.6) is 5.75 Å². The molecule has 1 N–H and O–H groups in total. The van der Waals surface area contributed by atoms with Crippen molar-refractivity contribution in [2.75, 3.05) is 5.32 Å². The van der Waals surface area contributed by atoms with Crippen LogP contribution in [0.25, 0.3) is 11.4 Å². The Bertz CT molecular complexity index is 1330. The maximum Gasteiger partial charge on any atom is 0.255 e. The molecule has 0 aliphatic carbocycles. The van der Waals surface area contributed by atoms with Crippen LogP contribution in [-0.2, 0) is 19.6 Å². The Hall–Kier alpha value is -3.23. The second kappa shape index (κ2) is 9.95. The summed E-state index contributed by atoms with van der Waals surface area (Å²) in [5, 5.41) is 15.3. The number of carbonyl (C=O) groups is 1. The van der Waals surface area contributed by atoms with E-state index in [1.165, 1.54) is 6.42 Å². The molecular formula is C25H24ClN5O2S. The van der Waals surface area contributed by atoms with Crippen LogP contribution < -0.4 is 10.1 Å². The largest absolute Gasteiger partial charge is 0.487 e. The molecule has 3 heterocycles. The molecule has 1 aliphatic rings. The van der Waals surface area contributed by atoms with Gasteiger partial charge in [0, 0.05) is 35.2 Å². The lowest BCUT2D eigenvalue weighted by Gasteiger charge is -2.12. The predicted octanol–water partition coefficient (Wildman–Crippen LogP) is 5.92. The van der Waals surface area contributed by atoms with E-state index >= 15 is 0 Å². The first kappa shape index (κ1) is 22.6. The summed E-state index contributed by atoms with van der Waals surface area (Å²) in [4.78, 5) is 17.4. The van der Waals surface area contributed by atoms with Gasteiger partial charge in [-0.05, 0) is 56.2 Å². The number of nitrogens with zero attached hydrogens (tertiary/aromatic N) is 4. The molecule has 1 aliphatic heterocycles. The van der Waals surface area contributed by atoms with Crippen LogP contribution in [0.3, 0.4) is 0 Å². The molecule has 7 nitrogen and oxygen atoms in total. The smallest absolute Gasteiger partial charge is 0.255 e. The van der Waals surface area contributed by atoms with Gasteiger partial charge in [0.25, 0.3) is 5.91 Å². The van der Waals surface area contributed by atoms with Gasteiger partial charge in [0.05, 0.1) is 15.7 Å². The van der Waals surface area contributed by atoms with E-state index in [9.17, 15) is 4.79 Å². The third-order valence-corrected chi connectivity index (χ3v) is 6.88. The number of anilines is 1. The third-order valence-electron chi connectivity index (χ3n) is 5.72. The maximum atomic E-state index is 13.0. The molecule has 5 rings (SSSR count). The van der Waals surface area contributed by atoms with Gasteiger partial charge in [0.1, 0.15) is 18.2 Å². The summed E-state index contributed by atoms with van der Waals surface area (Å²) in [7, 11) is 0. The molecule has 9 heteroatoms. The van der Waals surface area contributed by atoms with Crippen LogP contribution in [0, 0.1) is 6.92 Å². The van der Waals surface area contributed by atoms with Crippen LogP contribution >= 0.6 is 22.9 Å². The number of ether oxygens (including phenoxy) is 1. The van der Waals surface area contributed by atoms with Crippen LogP contribution in [0.15, 0.2) is 47.8 Å². The van der Waals surface area contributed by atoms with Gasteiger partial charge >= 0.3 is 0 Å². The number of carbonyl (C=O) groups excluding carboxylic acids is 1. The number of amides is 1. The normalized spacial score (nSPS) is 13.2. The average Bonchev–Trinajstić information content (AvgIpc) is 3.37. The summed E-state index contributed by atoms with van der Waals surface area (Å²) >= 11 is 8.10. The van der Waals surface area contributed by atoms with Crippen molar-refractivity contribution in [2.45, 2.75) is 45.8 Å². The first-order chi connectivity index (χ1) is 16.6. The fraction of sp³-hybridized carbons (Fsp3) is 0.280. The molecular weight excluding hydrogens is 470 g/mol. The summed E-state index contributed by atoms with van der Waals surface area (Å²) in [6, 6.07) is 12.5. The predicted molar refractivity (Wildman–Crippen MR) is 134 cm³/mol. The molecule has 2 aromatic carbocycles. The van der Waals surface area contributed by atoms with E-state index in [4.69, 9.17) is 16.3 Å². The van der Waals surface area contributed by atoms with Gasteiger partial charge in [0.2, 0.25) is 0 Å². The zero-order chi connectivity index (χ0) is 23.5. The molecule has 0 atom stereocenters. The van der Waals surface area contributed by atoms with Crippen molar-refractivity contribution >= 4 is 34.5 Å². The molecule has 0 fully saturated rings. The average molecular weight is 494 g/mol. The summed E-state index contributed by atoms with van der Waals surface area (Å²) < 4.78 is 7.97. The molecule has 0 saturated heterocycles. The molecule has 0 bridgehead atoms. The number of benzene rings is 2. The minimum atomic E-state index is -0.233. The summed E-state index contributed by atoms with van der Waals surface area (Å²) in [6.45, 7) is 3.19. The van der Waals surface area contributed by atoms with Crippen molar-refractivity contribution in [1.29, 1.82) is 0 Å². The fourth-order valence-electron chi connectivity index (χ4n) is 4.02. The van der Waals surface area contributed by atoms with Gasteiger partial charge in [0.15, 0.2) is 5.82 Å². The molecule has 2 aromatic heterocycles. The summed E-state index contributed by atoms with van der Waals surface area (Å²) in [5.41, 5.74) is 2.77. The number of aromatic nitrogens is 4. The summed E-state index contributed by atoms with van der Waals surface area (Å²) in [6.07, 6.45) is 4.31. The Morgan fingerprint density at radius 2 is 2.09 bits per heavy atom. The first-order valence-electron chi connectivity index (χ1n) is 11.2. The maximum absolute atomic E-state index is 13.0. The van der Waals surface area contributed by atoms with Gasteiger partial charge < -0.3 is 14.6 Å². The molecule has 0 unspecified atom stereocenters. The molecule has 1 amide bonds. The topological polar surface area (TPSA) is 81.9 Å². The highest BCUT2D eigenvalue weighted by molar-refractivity contribution is 7.09. The van der Waals surface area contributed by atoms with Crippen molar-refractivity contribution in [3.05, 3.63) is 75.0 Å². The van der Waals surface area contributed by atoms with Gasteiger partial charge in [-0.2, -0.15) is 0 Å². The Morgan fingerprint density at radius 1 is 1.18 bits per heavy atom. The monoisotopic (exact) mass is 493 g/mol. The standard InChI is InChI=1S/C25H24ClN5O2S/c1-16-27-19(15-34-16)14-33-20-7-5-6-17(12-20)25(32)28-18-9-10-22(26)21(13-18)24-30-29-23-8-3-2-4-11-31(23)24/h5-7,9-10,12-13,15H,2-4,8,11,14H2,1H3,(H,28,32). The van der Waals surface area contributed by atoms with Gasteiger partial charge in [-0.15, -0.1) is 21.5 Å². The van der Waals surface area contributed by atoms with Crippen molar-refractivity contribution in [3.63, 3.8) is 0 Å². The number of fused-ring (bicyclic) bond motifs is 1. The SMILES string of the molecule is Cc1nc(COc2cccc(C(=O)Nc3ccc(Cl)c(-c4nnc5n4CCCCC5)c3)c2)cs1. The van der Waals surface area contributed by atoms with Crippen LogP contribution in [0.4, 0.5) is 5.69 Å². The number of hydrogen-bond donors (Lipinski definition) is 1. The number of rotatable bonds is 6. The molecule has 4 aromatic rings. The summed E-state index contributed by atoms with van der Waals surface area (Å²) in [5.74, 6) is 2.11. The van der Waals surface area contributed by atoms with E-state index in [-0.39, 0.29) is 5.91 Å². The lowest BCUT2D eigenvalue weighted by molar-refractivity contribution is 0.102. The van der Waals surface area contributed by atoms with Crippen LogP contribution in [0.1, 0.15) is 46.1 Å². The van der Waals surface area contributed by atoms with E-state index in [0.29, 0.717) is 28.6 Å². The van der Waals surface area contributed by atoms with E-state index in [1.807, 2.05) is 24.4 Å². The van der Waals surface area contributed by atoms with Crippen molar-refractivity contribution in [2.24, 2.45) is 0 Å². The Kier molecular flexibility index (Phi) is 6.60. The quantitative estimate of drug-likeness (QED) is 0.360. The second-order valence-corrected chi connectivity index (χ2v) is 9.69. The van der Waals surface area contributed by atoms with Gasteiger partial charge in [-0.25, -0.2) is 4.98 Å². The number of thiazole rings is 1. The zero-order valence-electron chi connectivity index (χ0n) is 18.8. The van der Waals surface area contributed by atoms with Crippen LogP contribution in [-0.4, -0.2) is 25.7 Å². The Labute approximate surface area is 206 Å². The van der Waals surface area contributed by atoms with E-state index in [2.05, 4.69) is 25.1 Å². The number of aryl methyl sites for hydroxylation is 2. The lowest BCUT2D eigenvalue weighted by Crippen LogP contribution is -2.12. The van der Waals surface area contributed by atoms with Crippen molar-refractivity contribution < 1.29 is 9.53 Å². The molecule has 0 saturated carbocycles. The van der Waals surface area contributed by atoms with Crippen molar-refractivity contribution in [3.8, 4) is 17.1 Å². The highest BCUT2D eigenvalue weighted by atomic mass is 35.5. The van der Waals surface area contributed by atoms with Gasteiger partial charge in [-0.3, -0.25) is 4.79 Å². The Balaban J connectivity index is 1.32. The Morgan fingerprint density at radius 3 is 2.94 bits per heavy atom. The molecule has 174 valence electrons. The molecule has 34 heavy (non-hydrogen) atoms. The zero-order valence-corrected chi connectivity index (χ0v) is 20.3. The van der Waals surface area contributed by atoms with E-state index in [1.54, 1.807) is 41.7 Å². The fourth-order valence-corrected chi connectivity index (χ4v) is 4.82. The van der Waals surface area contributed by atoms with Crippen LogP contribution in [0.2, 0.25) is 5.02 Å². The number of nitrogens with one attached hydrogen (secondary N) is 1. The minimum Gasteiger partial charge on any atom is -0.487 e. The lowest BCUT2D eigenvalue weighted by atomic mass is 10.1. The third kappa shape index (κ3) is 4.98. The highest BCUT2D eigenvalue weighted by Crippen LogP contribution is 2.31. The minimum absolute atomic E-state index is 0.233. The van der Waals surface area contributed by atoms with Crippen molar-refractivity contribution in [1.82, 2.24) is 19.7 Å². The highest BCUT2D eigenvalue weighted by Gasteiger charge is 2.19. The number of halogens is 1. The molecule has 0 spiro atoms. The number of hydrogen-bond acceptors (Lipinski definition) is 6. The van der Waals surface area contributed by atoms with E-state index in [0.717, 1.165) is 53.7 Å². The van der Waals surface area contributed by atoms with Gasteiger partial charge in [-0.1, -0.05) is 24.1 Å². The molecule has 0 radical (unpaired) electrons. The second-order valence-electron chi connectivity index (χ2n) is 8.23. The van der Waals surface area contributed by atoms with E-state index < -0.39 is 0 Å².